The molecule has 156 valence electrons. The number of anilines is 2. The molecule has 1 atom stereocenters. The molecule has 1 aliphatic carbocycles. The van der Waals surface area contributed by atoms with Crippen molar-refractivity contribution in [3.05, 3.63) is 29.3 Å². The van der Waals surface area contributed by atoms with Crippen molar-refractivity contribution in [3.8, 4) is 5.69 Å². The predicted octanol–water partition coefficient (Wildman–Crippen LogP) is 1.95. The molecule has 8 nitrogen and oxygen atoms in total. The predicted molar refractivity (Wildman–Crippen MR) is 112 cm³/mol. The molecule has 1 aromatic carbocycles. The first-order valence-corrected chi connectivity index (χ1v) is 10.6. The number of aryl methyl sites for hydroxylation is 2. The quantitative estimate of drug-likeness (QED) is 0.598. The zero-order chi connectivity index (χ0) is 20.4. The van der Waals surface area contributed by atoms with Crippen LogP contribution in [-0.2, 0) is 22.4 Å². The molecule has 1 unspecified atom stereocenters. The summed E-state index contributed by atoms with van der Waals surface area (Å²) in [6.07, 6.45) is 6.16. The van der Waals surface area contributed by atoms with Gasteiger partial charge in [-0.05, 0) is 81.8 Å². The van der Waals surface area contributed by atoms with Gasteiger partial charge in [-0.15, -0.1) is 5.10 Å². The number of carbonyl (C=O) groups is 1. The highest BCUT2D eigenvalue weighted by Gasteiger charge is 2.30. The minimum Gasteiger partial charge on any atom is -0.466 e. The Labute approximate surface area is 171 Å². The van der Waals surface area contributed by atoms with Crippen molar-refractivity contribution in [2.24, 2.45) is 5.92 Å². The van der Waals surface area contributed by atoms with Crippen molar-refractivity contribution in [1.82, 2.24) is 19.7 Å². The van der Waals surface area contributed by atoms with Gasteiger partial charge >= 0.3 is 5.97 Å². The van der Waals surface area contributed by atoms with E-state index in [1.54, 1.807) is 4.68 Å². The topological polar surface area (TPSA) is 112 Å². The summed E-state index contributed by atoms with van der Waals surface area (Å²) in [5.74, 6) is 0.528. The van der Waals surface area contributed by atoms with Crippen LogP contribution in [0.3, 0.4) is 0 Å². The van der Waals surface area contributed by atoms with Gasteiger partial charge < -0.3 is 21.1 Å². The highest BCUT2D eigenvalue weighted by molar-refractivity contribution is 5.72. The number of esters is 1. The Morgan fingerprint density at radius 1 is 1.14 bits per heavy atom. The van der Waals surface area contributed by atoms with E-state index in [4.69, 9.17) is 16.2 Å². The van der Waals surface area contributed by atoms with Gasteiger partial charge in [-0.1, -0.05) is 6.07 Å². The van der Waals surface area contributed by atoms with Crippen LogP contribution in [0.2, 0.25) is 0 Å². The summed E-state index contributed by atoms with van der Waals surface area (Å²) in [5.41, 5.74) is 15.2. The number of likely N-dealkylation sites (tertiary alicyclic amines) is 1. The SMILES string of the molecule is CCOC(=O)C1CCN(C2CCc3ccc(-n4nc(N)nc4N)cc3CC2)CC1. The Kier molecular flexibility index (Phi) is 5.71. The Hall–Kier alpha value is -2.61. The number of nitrogens with zero attached hydrogens (tertiary/aromatic N) is 4. The van der Waals surface area contributed by atoms with E-state index in [2.05, 4.69) is 27.1 Å². The van der Waals surface area contributed by atoms with Crippen molar-refractivity contribution >= 4 is 17.9 Å². The second-order valence-corrected chi connectivity index (χ2v) is 7.99. The first kappa shape index (κ1) is 19.7. The number of aromatic nitrogens is 3. The molecule has 4 rings (SSSR count). The molecule has 0 radical (unpaired) electrons. The van der Waals surface area contributed by atoms with E-state index in [-0.39, 0.29) is 17.8 Å². The molecule has 0 amide bonds. The molecule has 2 heterocycles. The lowest BCUT2D eigenvalue weighted by atomic mass is 9.94. The Morgan fingerprint density at radius 3 is 2.52 bits per heavy atom. The van der Waals surface area contributed by atoms with Crippen LogP contribution in [0, 0.1) is 5.92 Å². The van der Waals surface area contributed by atoms with Crippen molar-refractivity contribution < 1.29 is 9.53 Å². The monoisotopic (exact) mass is 398 g/mol. The van der Waals surface area contributed by atoms with Crippen LogP contribution in [0.4, 0.5) is 11.9 Å². The highest BCUT2D eigenvalue weighted by Crippen LogP contribution is 2.29. The number of hydrogen-bond acceptors (Lipinski definition) is 7. The second-order valence-electron chi connectivity index (χ2n) is 7.99. The third-order valence-corrected chi connectivity index (χ3v) is 6.24. The van der Waals surface area contributed by atoms with Crippen LogP contribution in [0.1, 0.15) is 43.7 Å². The number of carbonyl (C=O) groups excluding carboxylic acids is 1. The summed E-state index contributed by atoms with van der Waals surface area (Å²) in [5, 5.41) is 4.19. The van der Waals surface area contributed by atoms with Crippen LogP contribution >= 0.6 is 0 Å². The number of nitrogens with two attached hydrogens (primary N) is 2. The average molecular weight is 399 g/mol. The lowest BCUT2D eigenvalue weighted by Gasteiger charge is -2.36. The summed E-state index contributed by atoms with van der Waals surface area (Å²) in [4.78, 5) is 18.5. The van der Waals surface area contributed by atoms with Gasteiger partial charge in [-0.3, -0.25) is 4.79 Å². The lowest BCUT2D eigenvalue weighted by molar-refractivity contribution is -0.149. The van der Waals surface area contributed by atoms with Crippen LogP contribution in [-0.4, -0.2) is 51.4 Å². The molecule has 2 aromatic rings. The average Bonchev–Trinajstić information content (AvgIpc) is 2.93. The normalized spacial score (nSPS) is 20.8. The molecule has 1 fully saturated rings. The van der Waals surface area contributed by atoms with Gasteiger partial charge in [0.25, 0.3) is 0 Å². The largest absolute Gasteiger partial charge is 0.466 e. The van der Waals surface area contributed by atoms with E-state index in [9.17, 15) is 4.79 Å². The third-order valence-electron chi connectivity index (χ3n) is 6.24. The van der Waals surface area contributed by atoms with Crippen molar-refractivity contribution in [2.75, 3.05) is 31.2 Å². The van der Waals surface area contributed by atoms with E-state index < -0.39 is 0 Å². The zero-order valence-electron chi connectivity index (χ0n) is 17.0. The molecule has 8 heteroatoms. The molecule has 0 spiro atoms. The smallest absolute Gasteiger partial charge is 0.309 e. The fourth-order valence-electron chi connectivity index (χ4n) is 4.67. The molecule has 1 aromatic heterocycles. The van der Waals surface area contributed by atoms with Gasteiger partial charge in [0.2, 0.25) is 11.9 Å². The molecule has 0 saturated carbocycles. The molecule has 0 bridgehead atoms. The molecule has 2 aliphatic rings. The number of fused-ring (bicyclic) bond motifs is 1. The standard InChI is InChI=1S/C21H30N6O2/c1-2-29-19(28)15-9-11-26(12-10-15)17-6-3-14-4-8-18(13-16(14)5-7-17)27-21(23)24-20(22)25-27/h4,8,13,15,17H,2-3,5-7,9-12H2,1H3,(H4,22,23,24,25). The van der Waals surface area contributed by atoms with Crippen molar-refractivity contribution in [3.63, 3.8) is 0 Å². The first-order chi connectivity index (χ1) is 14.0. The summed E-state index contributed by atoms with van der Waals surface area (Å²) in [6.45, 7) is 4.29. The Bertz CT molecular complexity index is 872. The summed E-state index contributed by atoms with van der Waals surface area (Å²) < 4.78 is 6.79. The van der Waals surface area contributed by atoms with Gasteiger partial charge in [0.05, 0.1) is 18.2 Å². The number of nitrogen functional groups attached to an aromatic ring is 2. The maximum Gasteiger partial charge on any atom is 0.309 e. The minimum atomic E-state index is -0.0269. The number of rotatable bonds is 4. The van der Waals surface area contributed by atoms with Crippen LogP contribution in [0.5, 0.6) is 0 Å². The van der Waals surface area contributed by atoms with E-state index in [1.165, 1.54) is 11.1 Å². The summed E-state index contributed by atoms with van der Waals surface area (Å²) in [6, 6.07) is 6.93. The van der Waals surface area contributed by atoms with Gasteiger partial charge in [-0.25, -0.2) is 0 Å². The second kappa shape index (κ2) is 8.41. The van der Waals surface area contributed by atoms with Crippen LogP contribution in [0.15, 0.2) is 18.2 Å². The van der Waals surface area contributed by atoms with E-state index in [1.807, 2.05) is 13.0 Å². The zero-order valence-corrected chi connectivity index (χ0v) is 17.0. The molecule has 1 saturated heterocycles. The van der Waals surface area contributed by atoms with Gasteiger partial charge in [0, 0.05) is 6.04 Å². The molecular formula is C21H30N6O2. The number of ether oxygens (including phenoxy) is 1. The molecule has 4 N–H and O–H groups in total. The van der Waals surface area contributed by atoms with Crippen LogP contribution in [0.25, 0.3) is 5.69 Å². The summed E-state index contributed by atoms with van der Waals surface area (Å²) >= 11 is 0. The van der Waals surface area contributed by atoms with Gasteiger partial charge in [0.1, 0.15) is 0 Å². The molecule has 29 heavy (non-hydrogen) atoms. The van der Waals surface area contributed by atoms with E-state index >= 15 is 0 Å². The Balaban J connectivity index is 1.40. The minimum absolute atomic E-state index is 0.0269. The number of hydrogen-bond donors (Lipinski definition) is 2. The fourth-order valence-corrected chi connectivity index (χ4v) is 4.67. The Morgan fingerprint density at radius 2 is 1.86 bits per heavy atom. The fraction of sp³-hybridized carbons (Fsp3) is 0.571. The molecular weight excluding hydrogens is 368 g/mol. The number of benzene rings is 1. The van der Waals surface area contributed by atoms with Crippen LogP contribution < -0.4 is 11.5 Å². The third kappa shape index (κ3) is 4.22. The maximum atomic E-state index is 12.0. The highest BCUT2D eigenvalue weighted by atomic mass is 16.5. The summed E-state index contributed by atoms with van der Waals surface area (Å²) in [7, 11) is 0. The van der Waals surface area contributed by atoms with Crippen molar-refractivity contribution in [1.29, 1.82) is 0 Å². The lowest BCUT2D eigenvalue weighted by Crippen LogP contribution is -2.43. The molecule has 1 aliphatic heterocycles. The first-order valence-electron chi connectivity index (χ1n) is 10.6. The van der Waals surface area contributed by atoms with E-state index in [0.717, 1.165) is 57.3 Å². The van der Waals surface area contributed by atoms with Crippen molar-refractivity contribution in [2.45, 2.75) is 51.5 Å². The van der Waals surface area contributed by atoms with Gasteiger partial charge in [0.15, 0.2) is 0 Å². The van der Waals surface area contributed by atoms with Gasteiger partial charge in [-0.2, -0.15) is 9.67 Å². The van der Waals surface area contributed by atoms with E-state index in [0.29, 0.717) is 18.6 Å². The number of piperidine rings is 1. The maximum absolute atomic E-state index is 12.0.